The average Bonchev–Trinajstić information content (AvgIpc) is 3.44. The summed E-state index contributed by atoms with van der Waals surface area (Å²) >= 11 is 1.44. The van der Waals surface area contributed by atoms with E-state index < -0.39 is 5.91 Å². The Morgan fingerprint density at radius 2 is 2.00 bits per heavy atom. The Morgan fingerprint density at radius 3 is 2.82 bits per heavy atom. The van der Waals surface area contributed by atoms with Gasteiger partial charge in [-0.25, -0.2) is 15.0 Å². The van der Waals surface area contributed by atoms with E-state index in [0.29, 0.717) is 22.5 Å². The third-order valence-electron chi connectivity index (χ3n) is 4.05. The van der Waals surface area contributed by atoms with Crippen molar-refractivity contribution in [3.8, 4) is 0 Å². The van der Waals surface area contributed by atoms with Crippen LogP contribution in [0.3, 0.4) is 0 Å². The Balaban J connectivity index is 1.42. The molecule has 0 bridgehead atoms. The molecule has 0 unspecified atom stereocenters. The lowest BCUT2D eigenvalue weighted by Gasteiger charge is -2.02. The molecular formula is C17H12N8O2S. The summed E-state index contributed by atoms with van der Waals surface area (Å²) in [6.07, 6.45) is 6.62. The summed E-state index contributed by atoms with van der Waals surface area (Å²) in [5.74, 6) is -0.184. The summed E-state index contributed by atoms with van der Waals surface area (Å²) in [7, 11) is 0. The number of benzene rings is 1. The van der Waals surface area contributed by atoms with Crippen LogP contribution >= 0.6 is 11.3 Å². The molecule has 4 aromatic heterocycles. The molecule has 4 N–H and O–H groups in total. The zero-order valence-electron chi connectivity index (χ0n) is 14.1. The van der Waals surface area contributed by atoms with E-state index in [1.54, 1.807) is 41.2 Å². The number of anilines is 2. The topological polar surface area (TPSA) is 133 Å². The van der Waals surface area contributed by atoms with E-state index in [1.807, 2.05) is 11.6 Å². The summed E-state index contributed by atoms with van der Waals surface area (Å²) in [5, 5.41) is 7.23. The number of para-hydroxylation sites is 1. The number of hydrogen-bond donors (Lipinski definition) is 4. The van der Waals surface area contributed by atoms with Crippen LogP contribution in [0.1, 0.15) is 20.8 Å². The lowest BCUT2D eigenvalue weighted by molar-refractivity contribution is 0.101. The Bertz CT molecular complexity index is 1290. The van der Waals surface area contributed by atoms with Gasteiger partial charge in [-0.1, -0.05) is 6.07 Å². The van der Waals surface area contributed by atoms with Crippen LogP contribution in [-0.4, -0.2) is 41.1 Å². The molecule has 10 nitrogen and oxygen atoms in total. The van der Waals surface area contributed by atoms with E-state index in [-0.39, 0.29) is 17.5 Å². The minimum absolute atomic E-state index is 0.231. The smallest absolute Gasteiger partial charge is 0.278 e. The van der Waals surface area contributed by atoms with Gasteiger partial charge < -0.3 is 9.97 Å². The van der Waals surface area contributed by atoms with E-state index in [4.69, 9.17) is 0 Å². The molecule has 0 aliphatic rings. The molecule has 0 aliphatic heterocycles. The number of rotatable bonds is 4. The van der Waals surface area contributed by atoms with Crippen LogP contribution in [0, 0.1) is 0 Å². The molecule has 11 heteroatoms. The summed E-state index contributed by atoms with van der Waals surface area (Å²) in [6, 6.07) is 5.15. The molecule has 0 fully saturated rings. The van der Waals surface area contributed by atoms with E-state index in [9.17, 15) is 9.59 Å². The highest BCUT2D eigenvalue weighted by Gasteiger charge is 2.17. The first-order valence-corrected chi connectivity index (χ1v) is 9.08. The van der Waals surface area contributed by atoms with Gasteiger partial charge in [0, 0.05) is 30.2 Å². The Hall–Kier alpha value is -3.99. The third kappa shape index (κ3) is 2.79. The summed E-state index contributed by atoms with van der Waals surface area (Å²) < 4.78 is 1.77. The second-order valence-electron chi connectivity index (χ2n) is 5.85. The van der Waals surface area contributed by atoms with Gasteiger partial charge in [0.05, 0.1) is 11.1 Å². The summed E-state index contributed by atoms with van der Waals surface area (Å²) in [6.45, 7) is 0. The molecule has 1 aromatic carbocycles. The Kier molecular flexibility index (Phi) is 3.66. The fourth-order valence-corrected chi connectivity index (χ4v) is 3.49. The highest BCUT2D eigenvalue weighted by atomic mass is 32.1. The number of nitrogens with one attached hydrogen (secondary N) is 4. The molecule has 138 valence electrons. The Labute approximate surface area is 160 Å². The maximum absolute atomic E-state index is 12.5. The highest BCUT2D eigenvalue weighted by molar-refractivity contribution is 7.15. The van der Waals surface area contributed by atoms with Crippen molar-refractivity contribution >= 4 is 51.0 Å². The van der Waals surface area contributed by atoms with Crippen molar-refractivity contribution in [3.05, 3.63) is 59.6 Å². The lowest BCUT2D eigenvalue weighted by Crippen LogP contribution is -2.14. The minimum Gasteiger partial charge on any atom is -0.331 e. The molecule has 0 saturated heterocycles. The van der Waals surface area contributed by atoms with Crippen LogP contribution in [0.2, 0.25) is 0 Å². The number of H-pyrrole nitrogens is 2. The molecule has 0 aliphatic carbocycles. The molecular weight excluding hydrogens is 380 g/mol. The number of carbonyl (C=O) groups is 2. The predicted octanol–water partition coefficient (Wildman–Crippen LogP) is 2.50. The highest BCUT2D eigenvalue weighted by Crippen LogP contribution is 2.20. The third-order valence-corrected chi connectivity index (χ3v) is 4.82. The molecule has 0 radical (unpaired) electrons. The maximum atomic E-state index is 12.5. The van der Waals surface area contributed by atoms with Crippen LogP contribution in [-0.2, 0) is 0 Å². The largest absolute Gasteiger partial charge is 0.331 e. The number of nitrogens with zero attached hydrogens (tertiary/aromatic N) is 4. The maximum Gasteiger partial charge on any atom is 0.278 e. The van der Waals surface area contributed by atoms with Gasteiger partial charge in [-0.15, -0.1) is 11.3 Å². The van der Waals surface area contributed by atoms with E-state index in [1.165, 1.54) is 11.3 Å². The fourth-order valence-electron chi connectivity index (χ4n) is 2.79. The molecule has 4 heterocycles. The zero-order valence-corrected chi connectivity index (χ0v) is 14.9. The van der Waals surface area contributed by atoms with Gasteiger partial charge in [0.1, 0.15) is 11.2 Å². The average molecular weight is 392 g/mol. The SMILES string of the molecule is O=C(Nc1nc2c(C(=O)Nc3ncc[nH]3)cccc2[nH]1)c1cn2ccsc2n1. The number of imidazole rings is 3. The summed E-state index contributed by atoms with van der Waals surface area (Å²) in [4.78, 5) is 44.1. The minimum atomic E-state index is -0.392. The van der Waals surface area contributed by atoms with E-state index >= 15 is 0 Å². The van der Waals surface area contributed by atoms with Gasteiger partial charge in [-0.3, -0.25) is 24.6 Å². The van der Waals surface area contributed by atoms with Crippen molar-refractivity contribution in [1.82, 2.24) is 29.3 Å². The zero-order chi connectivity index (χ0) is 19.1. The van der Waals surface area contributed by atoms with Crippen LogP contribution in [0.5, 0.6) is 0 Å². The number of carbonyl (C=O) groups excluding carboxylic acids is 2. The van der Waals surface area contributed by atoms with Crippen LogP contribution in [0.4, 0.5) is 11.9 Å². The number of aromatic amines is 2. The molecule has 5 rings (SSSR count). The van der Waals surface area contributed by atoms with Crippen molar-refractivity contribution in [3.63, 3.8) is 0 Å². The number of amides is 2. The quantitative estimate of drug-likeness (QED) is 0.373. The molecule has 28 heavy (non-hydrogen) atoms. The number of hydrogen-bond acceptors (Lipinski definition) is 6. The van der Waals surface area contributed by atoms with Gasteiger partial charge in [-0.05, 0) is 12.1 Å². The Morgan fingerprint density at radius 1 is 1.11 bits per heavy atom. The normalized spacial score (nSPS) is 11.1. The van der Waals surface area contributed by atoms with Crippen LogP contribution in [0.25, 0.3) is 16.0 Å². The van der Waals surface area contributed by atoms with E-state index in [0.717, 1.165) is 4.96 Å². The van der Waals surface area contributed by atoms with Crippen LogP contribution in [0.15, 0.2) is 48.4 Å². The second-order valence-corrected chi connectivity index (χ2v) is 6.73. The molecule has 0 saturated carbocycles. The monoisotopic (exact) mass is 392 g/mol. The summed E-state index contributed by atoms with van der Waals surface area (Å²) in [5.41, 5.74) is 1.69. The first-order valence-electron chi connectivity index (χ1n) is 8.20. The van der Waals surface area contributed by atoms with Gasteiger partial charge in [0.2, 0.25) is 11.9 Å². The number of thiazole rings is 1. The van der Waals surface area contributed by atoms with Crippen molar-refractivity contribution < 1.29 is 9.59 Å². The lowest BCUT2D eigenvalue weighted by atomic mass is 10.2. The predicted molar refractivity (Wildman–Crippen MR) is 104 cm³/mol. The van der Waals surface area contributed by atoms with Crippen molar-refractivity contribution in [2.45, 2.75) is 0 Å². The second kappa shape index (κ2) is 6.32. The van der Waals surface area contributed by atoms with E-state index in [2.05, 4.69) is 35.6 Å². The first kappa shape index (κ1) is 16.2. The molecule has 0 spiro atoms. The molecule has 2 amide bonds. The first-order chi connectivity index (χ1) is 13.7. The number of fused-ring (bicyclic) bond motifs is 2. The van der Waals surface area contributed by atoms with Gasteiger partial charge in [0.15, 0.2) is 4.96 Å². The van der Waals surface area contributed by atoms with Gasteiger partial charge in [0.25, 0.3) is 11.8 Å². The molecule has 5 aromatic rings. The molecule has 0 atom stereocenters. The van der Waals surface area contributed by atoms with Crippen molar-refractivity contribution in [2.24, 2.45) is 0 Å². The van der Waals surface area contributed by atoms with Crippen LogP contribution < -0.4 is 10.6 Å². The van der Waals surface area contributed by atoms with Gasteiger partial charge in [-0.2, -0.15) is 0 Å². The fraction of sp³-hybridized carbons (Fsp3) is 0. The standard InChI is InChI=1S/C17H12N8O2S/c26-13(23-15-18-4-5-19-15)9-2-1-3-10-12(9)22-16(20-10)24-14(27)11-8-25-6-7-28-17(25)21-11/h1-8H,(H2,18,19,23,26)(H2,20,22,24,27). The van der Waals surface area contributed by atoms with Crippen molar-refractivity contribution in [2.75, 3.05) is 10.6 Å². The number of aromatic nitrogens is 6. The van der Waals surface area contributed by atoms with Gasteiger partial charge >= 0.3 is 0 Å². The van der Waals surface area contributed by atoms with Crippen molar-refractivity contribution in [1.29, 1.82) is 0 Å².